The summed E-state index contributed by atoms with van der Waals surface area (Å²) >= 11 is 3.51. The van der Waals surface area contributed by atoms with E-state index in [1.54, 1.807) is 10.7 Å². The summed E-state index contributed by atoms with van der Waals surface area (Å²) in [5, 5.41) is 4.37. The first-order chi connectivity index (χ1) is 8.52. The van der Waals surface area contributed by atoms with Crippen LogP contribution in [0.5, 0.6) is 0 Å². The smallest absolute Gasteiger partial charge is 0.172 e. The predicted molar refractivity (Wildman–Crippen MR) is 71.8 cm³/mol. The van der Waals surface area contributed by atoms with Gasteiger partial charge in [0.05, 0.1) is 27.8 Å². The number of nitrogens with zero attached hydrogens (tertiary/aromatic N) is 2. The lowest BCUT2D eigenvalue weighted by Gasteiger charge is -2.00. The summed E-state index contributed by atoms with van der Waals surface area (Å²) in [6, 6.07) is 1.76. The Labute approximate surface area is 114 Å². The van der Waals surface area contributed by atoms with E-state index in [1.807, 2.05) is 20.9 Å². The van der Waals surface area contributed by atoms with Crippen LogP contribution in [0, 0.1) is 6.92 Å². The minimum absolute atomic E-state index is 0.0400. The van der Waals surface area contributed by atoms with Gasteiger partial charge in [0, 0.05) is 7.05 Å². The largest absolute Gasteiger partial charge is 0.469 e. The van der Waals surface area contributed by atoms with Gasteiger partial charge in [-0.1, -0.05) is 6.92 Å². The molecule has 0 saturated carbocycles. The van der Waals surface area contributed by atoms with Crippen molar-refractivity contribution in [3.63, 3.8) is 0 Å². The third-order valence-corrected chi connectivity index (χ3v) is 3.80. The van der Waals surface area contributed by atoms with Gasteiger partial charge < -0.3 is 4.42 Å². The second-order valence-electron chi connectivity index (χ2n) is 4.23. The van der Waals surface area contributed by atoms with Crippen molar-refractivity contribution < 1.29 is 9.21 Å². The fourth-order valence-corrected chi connectivity index (χ4v) is 2.61. The van der Waals surface area contributed by atoms with E-state index < -0.39 is 0 Å². The van der Waals surface area contributed by atoms with Gasteiger partial charge in [-0.25, -0.2) is 0 Å². The van der Waals surface area contributed by atoms with E-state index >= 15 is 0 Å². The Hall–Kier alpha value is -1.36. The van der Waals surface area contributed by atoms with Gasteiger partial charge in [0.15, 0.2) is 5.78 Å². The lowest BCUT2D eigenvalue weighted by atomic mass is 10.1. The predicted octanol–water partition coefficient (Wildman–Crippen LogP) is 3.07. The fourth-order valence-electron chi connectivity index (χ4n) is 1.86. The number of aryl methyl sites for hydroxylation is 3. The molecule has 0 unspecified atom stereocenters. The van der Waals surface area contributed by atoms with Crippen molar-refractivity contribution >= 4 is 21.7 Å². The average molecular weight is 311 g/mol. The second kappa shape index (κ2) is 5.10. The summed E-state index contributed by atoms with van der Waals surface area (Å²) < 4.78 is 7.84. The Kier molecular flexibility index (Phi) is 3.71. The Morgan fingerprint density at radius 3 is 2.78 bits per heavy atom. The molecule has 0 aliphatic carbocycles. The van der Waals surface area contributed by atoms with Crippen LogP contribution in [0.15, 0.2) is 21.2 Å². The summed E-state index contributed by atoms with van der Waals surface area (Å²) in [4.78, 5) is 12.1. The molecule has 0 fully saturated rings. The van der Waals surface area contributed by atoms with Crippen molar-refractivity contribution in [3.05, 3.63) is 39.5 Å². The van der Waals surface area contributed by atoms with Crippen LogP contribution < -0.4 is 0 Å². The van der Waals surface area contributed by atoms with E-state index in [-0.39, 0.29) is 5.78 Å². The molecule has 2 aromatic heterocycles. The average Bonchev–Trinajstić information content (AvgIpc) is 2.87. The number of hydrogen-bond donors (Lipinski definition) is 0. The highest BCUT2D eigenvalue weighted by Gasteiger charge is 2.17. The monoisotopic (exact) mass is 310 g/mol. The summed E-state index contributed by atoms with van der Waals surface area (Å²) in [6.45, 7) is 3.87. The Balaban J connectivity index is 2.24. The third-order valence-electron chi connectivity index (χ3n) is 2.88. The zero-order valence-corrected chi connectivity index (χ0v) is 12.2. The van der Waals surface area contributed by atoms with Crippen molar-refractivity contribution in [2.24, 2.45) is 7.05 Å². The fraction of sp³-hybridized carbons (Fsp3) is 0.385. The molecule has 0 saturated heterocycles. The first-order valence-electron chi connectivity index (χ1n) is 5.81. The third kappa shape index (κ3) is 2.41. The molecule has 5 heteroatoms. The van der Waals surface area contributed by atoms with Crippen molar-refractivity contribution in [3.8, 4) is 0 Å². The molecule has 96 valence electrons. The van der Waals surface area contributed by atoms with Gasteiger partial charge in [-0.05, 0) is 35.3 Å². The number of aromatic nitrogens is 2. The molecule has 0 spiro atoms. The van der Waals surface area contributed by atoms with Crippen LogP contribution in [-0.4, -0.2) is 15.6 Å². The van der Waals surface area contributed by atoms with Gasteiger partial charge in [0.1, 0.15) is 12.0 Å². The molecule has 0 radical (unpaired) electrons. The SMILES string of the molecule is CCc1nn(C)c(CC(=O)c2coc(C)c2)c1Br. The van der Waals surface area contributed by atoms with Crippen molar-refractivity contribution in [2.45, 2.75) is 26.7 Å². The Bertz CT molecular complexity index is 584. The zero-order chi connectivity index (χ0) is 13.3. The number of ketones is 1. The Morgan fingerprint density at radius 2 is 2.28 bits per heavy atom. The highest BCUT2D eigenvalue weighted by atomic mass is 79.9. The summed E-state index contributed by atoms with van der Waals surface area (Å²) in [5.74, 6) is 0.787. The summed E-state index contributed by atoms with van der Waals surface area (Å²) in [6.07, 6.45) is 2.67. The first kappa shape index (κ1) is 13.1. The van der Waals surface area contributed by atoms with Gasteiger partial charge in [-0.15, -0.1) is 0 Å². The van der Waals surface area contributed by atoms with Gasteiger partial charge >= 0.3 is 0 Å². The van der Waals surface area contributed by atoms with Crippen LogP contribution in [0.3, 0.4) is 0 Å². The van der Waals surface area contributed by atoms with Crippen LogP contribution in [0.25, 0.3) is 0 Å². The minimum Gasteiger partial charge on any atom is -0.469 e. The molecule has 0 atom stereocenters. The Morgan fingerprint density at radius 1 is 1.56 bits per heavy atom. The lowest BCUT2D eigenvalue weighted by Crippen LogP contribution is -2.07. The van der Waals surface area contributed by atoms with E-state index in [0.717, 1.165) is 28.0 Å². The van der Waals surface area contributed by atoms with Gasteiger partial charge in [-0.3, -0.25) is 9.48 Å². The molecule has 0 aromatic carbocycles. The molecule has 0 aliphatic rings. The van der Waals surface area contributed by atoms with E-state index in [2.05, 4.69) is 21.0 Å². The van der Waals surface area contributed by atoms with Gasteiger partial charge in [0.25, 0.3) is 0 Å². The molecule has 0 N–H and O–H groups in total. The molecular weight excluding hydrogens is 296 g/mol. The van der Waals surface area contributed by atoms with Gasteiger partial charge in [-0.2, -0.15) is 5.10 Å². The van der Waals surface area contributed by atoms with Crippen LogP contribution >= 0.6 is 15.9 Å². The number of hydrogen-bond acceptors (Lipinski definition) is 3. The summed E-state index contributed by atoms with van der Waals surface area (Å²) in [7, 11) is 1.85. The van der Waals surface area contributed by atoms with Crippen molar-refractivity contribution in [1.29, 1.82) is 0 Å². The van der Waals surface area contributed by atoms with Crippen molar-refractivity contribution in [2.75, 3.05) is 0 Å². The molecule has 0 aliphatic heterocycles. The van der Waals surface area contributed by atoms with Crippen LogP contribution in [0.2, 0.25) is 0 Å². The number of furan rings is 1. The standard InChI is InChI=1S/C13H15BrN2O2/c1-4-10-13(14)11(16(3)15-10)6-12(17)9-5-8(2)18-7-9/h5,7H,4,6H2,1-3H3. The number of carbonyl (C=O) groups is 1. The molecule has 0 amide bonds. The molecule has 2 aromatic rings. The van der Waals surface area contributed by atoms with Crippen molar-refractivity contribution in [1.82, 2.24) is 9.78 Å². The first-order valence-corrected chi connectivity index (χ1v) is 6.60. The topological polar surface area (TPSA) is 48.0 Å². The summed E-state index contributed by atoms with van der Waals surface area (Å²) in [5.41, 5.74) is 2.48. The molecule has 2 rings (SSSR count). The van der Waals surface area contributed by atoms with E-state index in [1.165, 1.54) is 6.26 Å². The van der Waals surface area contributed by atoms with Crippen LogP contribution in [0.4, 0.5) is 0 Å². The minimum atomic E-state index is 0.0400. The normalized spacial score (nSPS) is 10.9. The maximum atomic E-state index is 12.1. The number of halogens is 1. The highest BCUT2D eigenvalue weighted by molar-refractivity contribution is 9.10. The molecular formula is C13H15BrN2O2. The van der Waals surface area contributed by atoms with E-state index in [9.17, 15) is 4.79 Å². The highest BCUT2D eigenvalue weighted by Crippen LogP contribution is 2.23. The maximum absolute atomic E-state index is 12.1. The second-order valence-corrected chi connectivity index (χ2v) is 5.02. The number of carbonyl (C=O) groups excluding carboxylic acids is 1. The zero-order valence-electron chi connectivity index (χ0n) is 10.7. The quantitative estimate of drug-likeness (QED) is 0.815. The maximum Gasteiger partial charge on any atom is 0.172 e. The lowest BCUT2D eigenvalue weighted by molar-refractivity contribution is 0.0990. The molecule has 0 bridgehead atoms. The molecule has 18 heavy (non-hydrogen) atoms. The molecule has 2 heterocycles. The van der Waals surface area contributed by atoms with Crippen LogP contribution in [0.1, 0.15) is 34.4 Å². The number of rotatable bonds is 4. The molecule has 4 nitrogen and oxygen atoms in total. The van der Waals surface area contributed by atoms with E-state index in [0.29, 0.717) is 12.0 Å². The number of Topliss-reactive ketones (excluding diaryl/α,β-unsaturated/α-hetero) is 1. The van der Waals surface area contributed by atoms with Gasteiger partial charge in [0.2, 0.25) is 0 Å². The van der Waals surface area contributed by atoms with Crippen LogP contribution in [-0.2, 0) is 19.9 Å². The van der Waals surface area contributed by atoms with E-state index in [4.69, 9.17) is 4.42 Å².